The Labute approximate surface area is 162 Å². The van der Waals surface area contributed by atoms with Crippen LogP contribution < -0.4 is 9.47 Å². The van der Waals surface area contributed by atoms with E-state index in [1.54, 1.807) is 37.3 Å². The zero-order valence-electron chi connectivity index (χ0n) is 15.3. The van der Waals surface area contributed by atoms with Crippen LogP contribution in [0.25, 0.3) is 0 Å². The molecule has 0 bridgehead atoms. The van der Waals surface area contributed by atoms with E-state index in [0.29, 0.717) is 35.5 Å². The highest BCUT2D eigenvalue weighted by molar-refractivity contribution is 8.13. The number of halogens is 1. The molecule has 0 aromatic heterocycles. The summed E-state index contributed by atoms with van der Waals surface area (Å²) >= 11 is 1.49. The summed E-state index contributed by atoms with van der Waals surface area (Å²) in [6.07, 6.45) is 0.260. The van der Waals surface area contributed by atoms with Crippen LogP contribution >= 0.6 is 11.8 Å². The van der Waals surface area contributed by atoms with Gasteiger partial charge in [0.05, 0.1) is 27.2 Å². The molecule has 0 saturated heterocycles. The fourth-order valence-corrected chi connectivity index (χ4v) is 3.79. The van der Waals surface area contributed by atoms with Gasteiger partial charge in [-0.25, -0.2) is 4.39 Å². The Morgan fingerprint density at radius 3 is 2.52 bits per heavy atom. The summed E-state index contributed by atoms with van der Waals surface area (Å²) in [5, 5.41) is 0.713. The lowest BCUT2D eigenvalue weighted by Crippen LogP contribution is -2.34. The largest absolute Gasteiger partial charge is 0.493 e. The van der Waals surface area contributed by atoms with Gasteiger partial charge in [0.1, 0.15) is 5.82 Å². The van der Waals surface area contributed by atoms with Gasteiger partial charge >= 0.3 is 0 Å². The molecular weight excluding hydrogens is 367 g/mol. The molecule has 0 radical (unpaired) electrons. The van der Waals surface area contributed by atoms with Crippen LogP contribution in [0, 0.1) is 5.82 Å². The number of aliphatic imine (C=N–C) groups is 1. The van der Waals surface area contributed by atoms with Crippen molar-refractivity contribution in [1.82, 2.24) is 4.90 Å². The molecule has 3 rings (SSSR count). The van der Waals surface area contributed by atoms with Crippen molar-refractivity contribution in [3.63, 3.8) is 0 Å². The Morgan fingerprint density at radius 2 is 1.81 bits per heavy atom. The third-order valence-corrected chi connectivity index (χ3v) is 5.27. The van der Waals surface area contributed by atoms with Gasteiger partial charge in [-0.1, -0.05) is 30.0 Å². The van der Waals surface area contributed by atoms with Crippen LogP contribution in [0.5, 0.6) is 11.5 Å². The quantitative estimate of drug-likeness (QED) is 0.760. The smallest absolute Gasteiger partial charge is 0.233 e. The molecule has 27 heavy (non-hydrogen) atoms. The molecule has 0 unspecified atom stereocenters. The van der Waals surface area contributed by atoms with Crippen molar-refractivity contribution in [2.24, 2.45) is 4.99 Å². The fraction of sp³-hybridized carbons (Fsp3) is 0.300. The zero-order chi connectivity index (χ0) is 19.2. The zero-order valence-corrected chi connectivity index (χ0v) is 16.1. The summed E-state index contributed by atoms with van der Waals surface area (Å²) in [6, 6.07) is 11.8. The van der Waals surface area contributed by atoms with E-state index >= 15 is 0 Å². The van der Waals surface area contributed by atoms with Crippen LogP contribution in [0.2, 0.25) is 0 Å². The first-order chi connectivity index (χ1) is 13.1. The molecule has 5 nitrogen and oxygen atoms in total. The Morgan fingerprint density at radius 1 is 1.11 bits per heavy atom. The van der Waals surface area contributed by atoms with Gasteiger partial charge in [0, 0.05) is 12.3 Å². The monoisotopic (exact) mass is 388 g/mol. The van der Waals surface area contributed by atoms with E-state index in [2.05, 4.69) is 4.99 Å². The lowest BCUT2D eigenvalue weighted by atomic mass is 10.1. The van der Waals surface area contributed by atoms with Crippen molar-refractivity contribution in [2.75, 3.05) is 27.3 Å². The second kappa shape index (κ2) is 8.90. The predicted molar refractivity (Wildman–Crippen MR) is 105 cm³/mol. The van der Waals surface area contributed by atoms with Gasteiger partial charge in [-0.15, -0.1) is 0 Å². The van der Waals surface area contributed by atoms with Gasteiger partial charge in [0.25, 0.3) is 0 Å². The summed E-state index contributed by atoms with van der Waals surface area (Å²) in [4.78, 5) is 18.9. The molecule has 0 fully saturated rings. The highest BCUT2D eigenvalue weighted by Crippen LogP contribution is 2.28. The van der Waals surface area contributed by atoms with Gasteiger partial charge < -0.3 is 9.47 Å². The van der Waals surface area contributed by atoms with Crippen LogP contribution in [-0.4, -0.2) is 43.3 Å². The Kier molecular flexibility index (Phi) is 6.34. The van der Waals surface area contributed by atoms with Crippen LogP contribution in [0.3, 0.4) is 0 Å². The number of amides is 1. The van der Waals surface area contributed by atoms with Crippen molar-refractivity contribution < 1.29 is 18.7 Å². The third-order valence-electron chi connectivity index (χ3n) is 4.19. The number of thioether (sulfide) groups is 1. The maximum Gasteiger partial charge on any atom is 0.233 e. The third kappa shape index (κ3) is 4.80. The lowest BCUT2D eigenvalue weighted by molar-refractivity contribution is -0.126. The number of benzene rings is 2. The number of carbonyl (C=O) groups excluding carboxylic acids is 1. The molecule has 142 valence electrons. The number of carbonyl (C=O) groups is 1. The van der Waals surface area contributed by atoms with Gasteiger partial charge in [0.15, 0.2) is 16.7 Å². The number of methoxy groups -OCH3 is 2. The number of hydrogen-bond acceptors (Lipinski definition) is 5. The molecule has 2 aromatic carbocycles. The van der Waals surface area contributed by atoms with Gasteiger partial charge in [0.2, 0.25) is 5.91 Å². The van der Waals surface area contributed by atoms with Crippen molar-refractivity contribution in [3.05, 3.63) is 59.4 Å². The van der Waals surface area contributed by atoms with E-state index in [1.165, 1.54) is 23.9 Å². The Bertz CT molecular complexity index is 840. The highest BCUT2D eigenvalue weighted by Gasteiger charge is 2.24. The van der Waals surface area contributed by atoms with Crippen molar-refractivity contribution in [1.29, 1.82) is 0 Å². The maximum absolute atomic E-state index is 13.0. The molecule has 0 atom stereocenters. The number of amidine groups is 1. The van der Waals surface area contributed by atoms with E-state index in [1.807, 2.05) is 12.1 Å². The normalized spacial score (nSPS) is 13.4. The summed E-state index contributed by atoms with van der Waals surface area (Å²) in [5.41, 5.74) is 1.84. The van der Waals surface area contributed by atoms with Crippen molar-refractivity contribution >= 4 is 22.8 Å². The molecule has 0 aliphatic carbocycles. The second-order valence-electron chi connectivity index (χ2n) is 5.99. The number of ether oxygens (including phenoxy) is 2. The van der Waals surface area contributed by atoms with E-state index in [4.69, 9.17) is 9.47 Å². The van der Waals surface area contributed by atoms with Crippen LogP contribution in [0.4, 0.5) is 4.39 Å². The average Bonchev–Trinajstić information content (AvgIpc) is 3.16. The molecular formula is C20H21FN2O3S. The summed E-state index contributed by atoms with van der Waals surface area (Å²) in [5.74, 6) is 1.61. The first kappa shape index (κ1) is 19.2. The molecule has 0 N–H and O–H groups in total. The van der Waals surface area contributed by atoms with Crippen molar-refractivity contribution in [2.45, 2.75) is 12.2 Å². The minimum Gasteiger partial charge on any atom is -0.493 e. The first-order valence-electron chi connectivity index (χ1n) is 8.53. The van der Waals surface area contributed by atoms with Gasteiger partial charge in [-0.3, -0.25) is 14.7 Å². The molecule has 2 aromatic rings. The standard InChI is InChI=1S/C20H21FN2O3S/c1-25-17-8-5-15(11-18(17)26-2)12-19(24)23-10-9-22-20(23)27-13-14-3-6-16(21)7-4-14/h3-8,11H,9-10,12-13H2,1-2H3. The van der Waals surface area contributed by atoms with E-state index in [0.717, 1.165) is 11.1 Å². The first-order valence-corrected chi connectivity index (χ1v) is 9.52. The van der Waals surface area contributed by atoms with Crippen molar-refractivity contribution in [3.8, 4) is 11.5 Å². The van der Waals surface area contributed by atoms with E-state index < -0.39 is 0 Å². The molecule has 7 heteroatoms. The van der Waals surface area contributed by atoms with Crippen LogP contribution in [0.1, 0.15) is 11.1 Å². The molecule has 0 spiro atoms. The summed E-state index contributed by atoms with van der Waals surface area (Å²) in [6.45, 7) is 1.18. The fourth-order valence-electron chi connectivity index (χ4n) is 2.77. The van der Waals surface area contributed by atoms with Crippen LogP contribution in [0.15, 0.2) is 47.5 Å². The minimum absolute atomic E-state index is 0.00919. The Hall–Kier alpha value is -2.54. The Balaban J connectivity index is 1.62. The molecule has 1 amide bonds. The molecule has 1 heterocycles. The number of rotatable bonds is 6. The number of hydrogen-bond donors (Lipinski definition) is 0. The molecule has 1 aliphatic rings. The lowest BCUT2D eigenvalue weighted by Gasteiger charge is -2.18. The van der Waals surface area contributed by atoms with E-state index in [9.17, 15) is 9.18 Å². The second-order valence-corrected chi connectivity index (χ2v) is 6.93. The SMILES string of the molecule is COc1ccc(CC(=O)N2CCN=C2SCc2ccc(F)cc2)cc1OC. The average molecular weight is 388 g/mol. The highest BCUT2D eigenvalue weighted by atomic mass is 32.2. The van der Waals surface area contributed by atoms with E-state index in [-0.39, 0.29) is 18.1 Å². The maximum atomic E-state index is 13.0. The van der Waals surface area contributed by atoms with Crippen LogP contribution in [-0.2, 0) is 17.0 Å². The number of nitrogens with zero attached hydrogens (tertiary/aromatic N) is 2. The van der Waals surface area contributed by atoms with Gasteiger partial charge in [-0.2, -0.15) is 0 Å². The summed E-state index contributed by atoms with van der Waals surface area (Å²) < 4.78 is 23.5. The molecule has 1 aliphatic heterocycles. The molecule has 0 saturated carbocycles. The predicted octanol–water partition coefficient (Wildman–Crippen LogP) is 3.52. The van der Waals surface area contributed by atoms with Gasteiger partial charge in [-0.05, 0) is 35.4 Å². The minimum atomic E-state index is -0.256. The summed E-state index contributed by atoms with van der Waals surface area (Å²) in [7, 11) is 3.15. The topological polar surface area (TPSA) is 51.1 Å².